The van der Waals surface area contributed by atoms with Gasteiger partial charge in [0.25, 0.3) is 10.0 Å². The minimum absolute atomic E-state index is 0.0791. The van der Waals surface area contributed by atoms with Gasteiger partial charge in [-0.05, 0) is 37.1 Å². The third kappa shape index (κ3) is 4.67. The van der Waals surface area contributed by atoms with E-state index in [4.69, 9.17) is 0 Å². The number of nitrogens with one attached hydrogen (secondary N) is 1. The molecule has 28 heavy (non-hydrogen) atoms. The van der Waals surface area contributed by atoms with Gasteiger partial charge in [0.05, 0.1) is 10.6 Å². The fourth-order valence-electron chi connectivity index (χ4n) is 2.91. The standard InChI is InChI=1S/C23H24N2O2S/c1-17-9-13-21(14-10-17)23(19(3)20-7-5-4-6-8-20)24-25-28(26,27)22-15-11-18(2)12-16-22/h4-16,19,25H,1-3H3/b24-23+. The molecule has 1 N–H and O–H groups in total. The predicted molar refractivity (Wildman–Crippen MR) is 114 cm³/mol. The number of hydrogen-bond acceptors (Lipinski definition) is 3. The van der Waals surface area contributed by atoms with Crippen LogP contribution in [0.25, 0.3) is 0 Å². The minimum atomic E-state index is -3.74. The summed E-state index contributed by atoms with van der Waals surface area (Å²) in [6, 6.07) is 24.6. The Balaban J connectivity index is 1.98. The Morgan fingerprint density at radius 1 is 0.821 bits per heavy atom. The van der Waals surface area contributed by atoms with Crippen LogP contribution in [0.2, 0.25) is 0 Å². The van der Waals surface area contributed by atoms with Crippen molar-refractivity contribution in [1.29, 1.82) is 0 Å². The highest BCUT2D eigenvalue weighted by atomic mass is 32.2. The van der Waals surface area contributed by atoms with Crippen LogP contribution in [0.15, 0.2) is 88.9 Å². The zero-order valence-electron chi connectivity index (χ0n) is 16.3. The highest BCUT2D eigenvalue weighted by Crippen LogP contribution is 2.22. The highest BCUT2D eigenvalue weighted by Gasteiger charge is 2.18. The summed E-state index contributed by atoms with van der Waals surface area (Å²) in [6.07, 6.45) is 0. The molecule has 144 valence electrons. The molecule has 0 amide bonds. The third-order valence-corrected chi connectivity index (χ3v) is 5.90. The summed E-state index contributed by atoms with van der Waals surface area (Å²) in [5.74, 6) is -0.0791. The van der Waals surface area contributed by atoms with E-state index in [1.807, 2.05) is 75.4 Å². The SMILES string of the molecule is Cc1ccc(/C(=N/NS(=O)(=O)c2ccc(C)cc2)C(C)c2ccccc2)cc1. The predicted octanol–water partition coefficient (Wildman–Crippen LogP) is 4.79. The van der Waals surface area contributed by atoms with Gasteiger partial charge < -0.3 is 0 Å². The molecule has 0 aliphatic rings. The molecule has 3 rings (SSSR count). The van der Waals surface area contributed by atoms with Gasteiger partial charge in [-0.15, -0.1) is 0 Å². The summed E-state index contributed by atoms with van der Waals surface area (Å²) < 4.78 is 25.3. The van der Waals surface area contributed by atoms with Crippen LogP contribution in [0.5, 0.6) is 0 Å². The lowest BCUT2D eigenvalue weighted by Gasteiger charge is -2.16. The number of hydrazone groups is 1. The second-order valence-corrected chi connectivity index (χ2v) is 8.56. The van der Waals surface area contributed by atoms with Crippen LogP contribution in [0.4, 0.5) is 0 Å². The average Bonchev–Trinajstić information content (AvgIpc) is 2.70. The number of sulfonamides is 1. The molecule has 0 saturated carbocycles. The summed E-state index contributed by atoms with van der Waals surface area (Å²) >= 11 is 0. The van der Waals surface area contributed by atoms with Gasteiger partial charge in [0, 0.05) is 5.92 Å². The summed E-state index contributed by atoms with van der Waals surface area (Å²) in [7, 11) is -3.74. The van der Waals surface area contributed by atoms with E-state index < -0.39 is 10.0 Å². The Kier molecular flexibility index (Phi) is 5.95. The molecular formula is C23H24N2O2S. The second kappa shape index (κ2) is 8.40. The molecule has 3 aromatic rings. The van der Waals surface area contributed by atoms with Crippen LogP contribution in [0, 0.1) is 13.8 Å². The summed E-state index contributed by atoms with van der Waals surface area (Å²) in [5, 5.41) is 4.35. The van der Waals surface area contributed by atoms with Crippen molar-refractivity contribution < 1.29 is 8.42 Å². The van der Waals surface area contributed by atoms with Gasteiger partial charge in [0.15, 0.2) is 0 Å². The Hall–Kier alpha value is -2.92. The van der Waals surface area contributed by atoms with Gasteiger partial charge in [-0.1, -0.05) is 84.8 Å². The number of hydrogen-bond donors (Lipinski definition) is 1. The van der Waals surface area contributed by atoms with Crippen LogP contribution >= 0.6 is 0 Å². The Bertz CT molecular complexity index is 1060. The molecule has 1 unspecified atom stereocenters. The molecule has 4 nitrogen and oxygen atoms in total. The first-order chi connectivity index (χ1) is 13.4. The molecule has 3 aromatic carbocycles. The number of nitrogens with zero attached hydrogens (tertiary/aromatic N) is 1. The number of rotatable bonds is 6. The molecular weight excluding hydrogens is 368 g/mol. The van der Waals surface area contributed by atoms with Crippen molar-refractivity contribution in [3.8, 4) is 0 Å². The van der Waals surface area contributed by atoms with Gasteiger partial charge >= 0.3 is 0 Å². The highest BCUT2D eigenvalue weighted by molar-refractivity contribution is 7.89. The van der Waals surface area contributed by atoms with Crippen LogP contribution in [0.1, 0.15) is 35.1 Å². The van der Waals surface area contributed by atoms with Crippen molar-refractivity contribution in [2.75, 3.05) is 0 Å². The van der Waals surface area contributed by atoms with E-state index in [1.165, 1.54) is 0 Å². The molecule has 0 aromatic heterocycles. The first kappa shape index (κ1) is 19.8. The van der Waals surface area contributed by atoms with Crippen LogP contribution in [-0.2, 0) is 10.0 Å². The maximum atomic E-state index is 12.7. The largest absolute Gasteiger partial charge is 0.276 e. The smallest absolute Gasteiger partial charge is 0.200 e. The van der Waals surface area contributed by atoms with Crippen LogP contribution < -0.4 is 4.83 Å². The molecule has 1 atom stereocenters. The Morgan fingerprint density at radius 2 is 1.36 bits per heavy atom. The fourth-order valence-corrected chi connectivity index (χ4v) is 3.73. The lowest BCUT2D eigenvalue weighted by Crippen LogP contribution is -2.23. The van der Waals surface area contributed by atoms with E-state index >= 15 is 0 Å². The van der Waals surface area contributed by atoms with E-state index in [1.54, 1.807) is 24.3 Å². The van der Waals surface area contributed by atoms with E-state index in [2.05, 4.69) is 9.93 Å². The Labute approximate surface area is 167 Å². The van der Waals surface area contributed by atoms with E-state index in [0.29, 0.717) is 5.71 Å². The van der Waals surface area contributed by atoms with Crippen molar-refractivity contribution in [2.24, 2.45) is 5.10 Å². The molecule has 0 radical (unpaired) electrons. The molecule has 5 heteroatoms. The normalized spacial score (nSPS) is 13.2. The lowest BCUT2D eigenvalue weighted by atomic mass is 9.91. The van der Waals surface area contributed by atoms with Gasteiger partial charge in [-0.3, -0.25) is 0 Å². The quantitative estimate of drug-likeness (QED) is 0.484. The molecule has 0 aliphatic carbocycles. The van der Waals surface area contributed by atoms with E-state index in [9.17, 15) is 8.42 Å². The second-order valence-electron chi connectivity index (χ2n) is 6.90. The fraction of sp³-hybridized carbons (Fsp3) is 0.174. The minimum Gasteiger partial charge on any atom is -0.200 e. The van der Waals surface area contributed by atoms with Gasteiger partial charge in [0.2, 0.25) is 0 Å². The van der Waals surface area contributed by atoms with Crippen molar-refractivity contribution >= 4 is 15.7 Å². The summed E-state index contributed by atoms with van der Waals surface area (Å²) in [5.41, 5.74) is 4.75. The Morgan fingerprint density at radius 3 is 1.93 bits per heavy atom. The molecule has 0 bridgehead atoms. The third-order valence-electron chi connectivity index (χ3n) is 4.67. The molecule has 0 saturated heterocycles. The van der Waals surface area contributed by atoms with E-state index in [-0.39, 0.29) is 10.8 Å². The number of aryl methyl sites for hydroxylation is 2. The topological polar surface area (TPSA) is 58.5 Å². The number of benzene rings is 3. The zero-order chi connectivity index (χ0) is 20.1. The van der Waals surface area contributed by atoms with Gasteiger partial charge in [0.1, 0.15) is 0 Å². The maximum Gasteiger partial charge on any atom is 0.276 e. The lowest BCUT2D eigenvalue weighted by molar-refractivity contribution is 0.584. The summed E-state index contributed by atoms with van der Waals surface area (Å²) in [4.78, 5) is 2.61. The zero-order valence-corrected chi connectivity index (χ0v) is 17.1. The van der Waals surface area contributed by atoms with Crippen LogP contribution in [-0.4, -0.2) is 14.1 Å². The average molecular weight is 393 g/mol. The van der Waals surface area contributed by atoms with Crippen molar-refractivity contribution in [3.63, 3.8) is 0 Å². The molecule has 0 spiro atoms. The van der Waals surface area contributed by atoms with Crippen molar-refractivity contribution in [1.82, 2.24) is 4.83 Å². The first-order valence-electron chi connectivity index (χ1n) is 9.15. The van der Waals surface area contributed by atoms with E-state index in [0.717, 1.165) is 22.3 Å². The van der Waals surface area contributed by atoms with Gasteiger partial charge in [-0.2, -0.15) is 18.4 Å². The molecule has 0 fully saturated rings. The van der Waals surface area contributed by atoms with Gasteiger partial charge in [-0.25, -0.2) is 0 Å². The maximum absolute atomic E-state index is 12.7. The molecule has 0 heterocycles. The monoisotopic (exact) mass is 392 g/mol. The van der Waals surface area contributed by atoms with Crippen molar-refractivity contribution in [2.45, 2.75) is 31.6 Å². The van der Waals surface area contributed by atoms with Crippen LogP contribution in [0.3, 0.4) is 0 Å². The molecule has 0 aliphatic heterocycles. The van der Waals surface area contributed by atoms with Crippen molar-refractivity contribution in [3.05, 3.63) is 101 Å². The first-order valence-corrected chi connectivity index (χ1v) is 10.6. The summed E-state index contributed by atoms with van der Waals surface area (Å²) in [6.45, 7) is 5.95.